The molecule has 0 heterocycles. The smallest absolute Gasteiger partial charge is 0.347 e. The summed E-state index contributed by atoms with van der Waals surface area (Å²) in [4.78, 5) is 31.1. The third-order valence-electron chi connectivity index (χ3n) is 1.42. The lowest BCUT2D eigenvalue weighted by molar-refractivity contribution is -0.192. The Morgan fingerprint density at radius 3 is 1.79 bits per heavy atom. The van der Waals surface area contributed by atoms with Crippen LogP contribution < -0.4 is 5.73 Å². The summed E-state index contributed by atoms with van der Waals surface area (Å²) in [7, 11) is 0. The summed E-state index contributed by atoms with van der Waals surface area (Å²) in [6, 6.07) is 0. The maximum atomic E-state index is 10.5. The van der Waals surface area contributed by atoms with Crippen LogP contribution in [0, 0.1) is 0 Å². The van der Waals surface area contributed by atoms with E-state index in [0.717, 1.165) is 0 Å². The first-order valence-corrected chi connectivity index (χ1v) is 3.35. The highest BCUT2D eigenvalue weighted by atomic mass is 16.6. The molecule has 0 spiro atoms. The van der Waals surface area contributed by atoms with Crippen molar-refractivity contribution in [1.29, 1.82) is 0 Å². The number of carboxylic acid groups (broad SMARTS) is 3. The topological polar surface area (TPSA) is 147 Å². The molecule has 1 unspecified atom stereocenters. The molecule has 0 radical (unpaired) electrons. The molecule has 80 valence electrons. The van der Waals surface area contributed by atoms with Gasteiger partial charge >= 0.3 is 17.9 Å². The molecule has 0 saturated heterocycles. The second kappa shape index (κ2) is 4.03. The molecule has 0 aliphatic heterocycles. The standard InChI is InChI=1S/C6H9NO7/c1-6(4(10)11,5(12)13)14-2(7)3(8)9/h2H,7H2,1H3,(H,8,9)(H,10,11)(H,12,13). The summed E-state index contributed by atoms with van der Waals surface area (Å²) in [6.07, 6.45) is -2.01. The monoisotopic (exact) mass is 207 g/mol. The second-order valence-electron chi connectivity index (χ2n) is 2.52. The first-order chi connectivity index (χ1) is 6.21. The number of hydrogen-bond donors (Lipinski definition) is 4. The summed E-state index contributed by atoms with van der Waals surface area (Å²) in [5.41, 5.74) is 2.16. The molecule has 8 nitrogen and oxygen atoms in total. The molecule has 0 saturated carbocycles. The fourth-order valence-corrected chi connectivity index (χ4v) is 0.497. The average Bonchev–Trinajstić information content (AvgIpc) is 2.02. The van der Waals surface area contributed by atoms with Gasteiger partial charge in [0.15, 0.2) is 0 Å². The number of hydrogen-bond acceptors (Lipinski definition) is 5. The molecule has 0 fully saturated rings. The van der Waals surface area contributed by atoms with E-state index < -0.39 is 29.7 Å². The van der Waals surface area contributed by atoms with Crippen LogP contribution in [-0.4, -0.2) is 45.1 Å². The van der Waals surface area contributed by atoms with Crippen molar-refractivity contribution < 1.29 is 34.4 Å². The van der Waals surface area contributed by atoms with Gasteiger partial charge in [-0.2, -0.15) is 0 Å². The van der Waals surface area contributed by atoms with Gasteiger partial charge in [0.1, 0.15) is 0 Å². The SMILES string of the molecule is CC(OC(N)C(=O)O)(C(=O)O)C(=O)O. The van der Waals surface area contributed by atoms with Gasteiger partial charge in [0, 0.05) is 0 Å². The average molecular weight is 207 g/mol. The Labute approximate surface area is 77.9 Å². The van der Waals surface area contributed by atoms with Crippen LogP contribution in [0.3, 0.4) is 0 Å². The Hall–Kier alpha value is -1.67. The Kier molecular flexibility index (Phi) is 3.55. The van der Waals surface area contributed by atoms with Gasteiger partial charge in [0.05, 0.1) is 0 Å². The molecule has 14 heavy (non-hydrogen) atoms. The minimum absolute atomic E-state index is 0.695. The summed E-state index contributed by atoms with van der Waals surface area (Å²) in [5.74, 6) is -5.32. The van der Waals surface area contributed by atoms with E-state index >= 15 is 0 Å². The quantitative estimate of drug-likeness (QED) is 0.308. The van der Waals surface area contributed by atoms with Crippen molar-refractivity contribution in [1.82, 2.24) is 0 Å². The highest BCUT2D eigenvalue weighted by Crippen LogP contribution is 2.12. The lowest BCUT2D eigenvalue weighted by atomic mass is 10.1. The van der Waals surface area contributed by atoms with Crippen molar-refractivity contribution >= 4 is 17.9 Å². The van der Waals surface area contributed by atoms with Crippen LogP contribution >= 0.6 is 0 Å². The van der Waals surface area contributed by atoms with Crippen LogP contribution in [0.4, 0.5) is 0 Å². The van der Waals surface area contributed by atoms with E-state index in [9.17, 15) is 14.4 Å². The second-order valence-corrected chi connectivity index (χ2v) is 2.52. The van der Waals surface area contributed by atoms with E-state index in [1.807, 2.05) is 0 Å². The van der Waals surface area contributed by atoms with E-state index in [1.165, 1.54) is 0 Å². The number of carboxylic acids is 3. The number of nitrogens with two attached hydrogens (primary N) is 1. The van der Waals surface area contributed by atoms with Crippen molar-refractivity contribution in [3.8, 4) is 0 Å². The predicted octanol–water partition coefficient (Wildman–Crippen LogP) is -1.70. The van der Waals surface area contributed by atoms with Crippen molar-refractivity contribution in [2.75, 3.05) is 0 Å². The van der Waals surface area contributed by atoms with Gasteiger partial charge < -0.3 is 20.1 Å². The van der Waals surface area contributed by atoms with Crippen LogP contribution in [0.5, 0.6) is 0 Å². The maximum absolute atomic E-state index is 10.5. The Balaban J connectivity index is 4.79. The summed E-state index contributed by atoms with van der Waals surface area (Å²) < 4.78 is 4.20. The highest BCUT2D eigenvalue weighted by Gasteiger charge is 2.45. The normalized spacial score (nSPS) is 13.3. The van der Waals surface area contributed by atoms with Gasteiger partial charge in [-0.3, -0.25) is 5.73 Å². The molecular weight excluding hydrogens is 198 g/mol. The fourth-order valence-electron chi connectivity index (χ4n) is 0.497. The van der Waals surface area contributed by atoms with E-state index in [2.05, 4.69) is 4.74 Å². The molecule has 0 aromatic heterocycles. The Morgan fingerprint density at radius 1 is 1.21 bits per heavy atom. The summed E-state index contributed by atoms with van der Waals surface area (Å²) in [5, 5.41) is 25.2. The lowest BCUT2D eigenvalue weighted by Gasteiger charge is -2.22. The van der Waals surface area contributed by atoms with E-state index in [4.69, 9.17) is 21.1 Å². The fraction of sp³-hybridized carbons (Fsp3) is 0.500. The zero-order valence-corrected chi connectivity index (χ0v) is 7.13. The molecule has 0 aliphatic rings. The van der Waals surface area contributed by atoms with E-state index in [1.54, 1.807) is 0 Å². The molecule has 0 aromatic rings. The predicted molar refractivity (Wildman–Crippen MR) is 40.4 cm³/mol. The van der Waals surface area contributed by atoms with Crippen molar-refractivity contribution in [2.24, 2.45) is 5.73 Å². The third-order valence-corrected chi connectivity index (χ3v) is 1.42. The van der Waals surface area contributed by atoms with E-state index in [0.29, 0.717) is 6.92 Å². The Bertz CT molecular complexity index is 259. The van der Waals surface area contributed by atoms with Gasteiger partial charge in [-0.05, 0) is 6.92 Å². The number of ether oxygens (including phenoxy) is 1. The largest absolute Gasteiger partial charge is 0.479 e. The van der Waals surface area contributed by atoms with Gasteiger partial charge in [0.2, 0.25) is 6.23 Å². The highest BCUT2D eigenvalue weighted by molar-refractivity contribution is 6.01. The van der Waals surface area contributed by atoms with Crippen LogP contribution in [0.1, 0.15) is 6.92 Å². The van der Waals surface area contributed by atoms with Gasteiger partial charge in [-0.25, -0.2) is 14.4 Å². The van der Waals surface area contributed by atoms with Crippen LogP contribution in [0.25, 0.3) is 0 Å². The number of rotatable bonds is 5. The van der Waals surface area contributed by atoms with E-state index in [-0.39, 0.29) is 0 Å². The molecule has 0 aliphatic carbocycles. The minimum Gasteiger partial charge on any atom is -0.479 e. The van der Waals surface area contributed by atoms with Gasteiger partial charge in [-0.1, -0.05) is 0 Å². The summed E-state index contributed by atoms with van der Waals surface area (Å²) in [6.45, 7) is 0.695. The maximum Gasteiger partial charge on any atom is 0.347 e. The lowest BCUT2D eigenvalue weighted by Crippen LogP contribution is -2.52. The first-order valence-electron chi connectivity index (χ1n) is 3.35. The van der Waals surface area contributed by atoms with Crippen LogP contribution in [0.15, 0.2) is 0 Å². The zero-order chi connectivity index (χ0) is 11.5. The molecule has 0 bridgehead atoms. The number of carbonyl (C=O) groups is 3. The van der Waals surface area contributed by atoms with Gasteiger partial charge in [0.25, 0.3) is 5.60 Å². The van der Waals surface area contributed by atoms with Crippen molar-refractivity contribution in [3.63, 3.8) is 0 Å². The third kappa shape index (κ3) is 2.41. The van der Waals surface area contributed by atoms with Crippen LogP contribution in [-0.2, 0) is 19.1 Å². The van der Waals surface area contributed by atoms with Crippen LogP contribution in [0.2, 0.25) is 0 Å². The number of aliphatic carboxylic acids is 3. The molecule has 0 rings (SSSR count). The molecule has 0 amide bonds. The molecular formula is C6H9NO7. The summed E-state index contributed by atoms with van der Waals surface area (Å²) >= 11 is 0. The minimum atomic E-state index is -2.67. The van der Waals surface area contributed by atoms with Crippen molar-refractivity contribution in [2.45, 2.75) is 18.8 Å². The molecule has 5 N–H and O–H groups in total. The van der Waals surface area contributed by atoms with Gasteiger partial charge in [-0.15, -0.1) is 0 Å². The first kappa shape index (κ1) is 12.3. The zero-order valence-electron chi connectivity index (χ0n) is 7.13. The molecule has 8 heteroatoms. The Morgan fingerprint density at radius 2 is 1.57 bits per heavy atom. The molecule has 0 aromatic carbocycles. The van der Waals surface area contributed by atoms with Crippen molar-refractivity contribution in [3.05, 3.63) is 0 Å². The molecule has 1 atom stereocenters.